The van der Waals surface area contributed by atoms with Crippen molar-refractivity contribution in [2.24, 2.45) is 17.3 Å². The fourth-order valence-electron chi connectivity index (χ4n) is 4.08. The minimum atomic E-state index is 0.396. The van der Waals surface area contributed by atoms with Crippen LogP contribution in [0.1, 0.15) is 39.0 Å². The topological polar surface area (TPSA) is 18.5 Å². The summed E-state index contributed by atoms with van der Waals surface area (Å²) in [5.74, 6) is 2.04. The van der Waals surface area contributed by atoms with Gasteiger partial charge in [0.1, 0.15) is 0 Å². The largest absolute Gasteiger partial charge is 0.375 e. The van der Waals surface area contributed by atoms with Crippen LogP contribution in [0, 0.1) is 17.3 Å². The monoisotopic (exact) mass is 208 g/mol. The van der Waals surface area contributed by atoms with Gasteiger partial charge in [-0.1, -0.05) is 0 Å². The zero-order valence-corrected chi connectivity index (χ0v) is 9.45. The van der Waals surface area contributed by atoms with Gasteiger partial charge in [0.15, 0.2) is 0 Å². The lowest BCUT2D eigenvalue weighted by atomic mass is 9.96. The first kappa shape index (κ1) is 9.00. The number of fused-ring (bicyclic) bond motifs is 3. The molecule has 0 N–H and O–H groups in total. The molecule has 1 spiro atoms. The molecule has 3 aliphatic carbocycles. The third-order valence-corrected chi connectivity index (χ3v) is 5.26. The third-order valence-electron chi connectivity index (χ3n) is 5.26. The number of ether oxygens (including phenoxy) is 2. The van der Waals surface area contributed by atoms with Gasteiger partial charge in [-0.25, -0.2) is 0 Å². The zero-order valence-electron chi connectivity index (χ0n) is 9.45. The lowest BCUT2D eigenvalue weighted by Gasteiger charge is -2.26. The van der Waals surface area contributed by atoms with E-state index in [4.69, 9.17) is 9.47 Å². The summed E-state index contributed by atoms with van der Waals surface area (Å²) in [6.07, 6.45) is 8.24. The number of rotatable bonds is 3. The van der Waals surface area contributed by atoms with Crippen LogP contribution >= 0.6 is 0 Å². The molecule has 1 aliphatic heterocycles. The van der Waals surface area contributed by atoms with Crippen molar-refractivity contribution in [1.29, 1.82) is 0 Å². The number of hydrogen-bond donors (Lipinski definition) is 0. The van der Waals surface area contributed by atoms with Crippen LogP contribution in [-0.4, -0.2) is 24.9 Å². The Kier molecular flexibility index (Phi) is 1.67. The summed E-state index contributed by atoms with van der Waals surface area (Å²) < 4.78 is 11.8. The van der Waals surface area contributed by atoms with Crippen LogP contribution in [0.3, 0.4) is 0 Å². The molecule has 0 aromatic rings. The molecule has 4 rings (SSSR count). The van der Waals surface area contributed by atoms with Crippen molar-refractivity contribution < 1.29 is 9.47 Å². The maximum absolute atomic E-state index is 6.01. The van der Waals surface area contributed by atoms with Gasteiger partial charge in [-0.05, 0) is 56.3 Å². The van der Waals surface area contributed by atoms with E-state index in [0.717, 1.165) is 23.9 Å². The molecule has 2 nitrogen and oxygen atoms in total. The van der Waals surface area contributed by atoms with Gasteiger partial charge in [-0.3, -0.25) is 0 Å². The second-order valence-electron chi connectivity index (χ2n) is 6.12. The van der Waals surface area contributed by atoms with Gasteiger partial charge in [0.25, 0.3) is 0 Å². The van der Waals surface area contributed by atoms with Gasteiger partial charge in [-0.2, -0.15) is 0 Å². The average molecular weight is 208 g/mol. The summed E-state index contributed by atoms with van der Waals surface area (Å²) >= 11 is 0. The molecule has 4 aliphatic rings. The Balaban J connectivity index is 1.25. The van der Waals surface area contributed by atoms with E-state index in [-0.39, 0.29) is 0 Å². The van der Waals surface area contributed by atoms with E-state index in [1.54, 1.807) is 0 Å². The smallest absolute Gasteiger partial charge is 0.0813 e. The maximum atomic E-state index is 6.01. The van der Waals surface area contributed by atoms with E-state index >= 15 is 0 Å². The molecular formula is C13H20O2. The molecule has 2 heteroatoms. The zero-order chi connectivity index (χ0) is 10.0. The number of hydrogen-bond acceptors (Lipinski definition) is 2. The van der Waals surface area contributed by atoms with Crippen molar-refractivity contribution >= 4 is 0 Å². The van der Waals surface area contributed by atoms with Crippen molar-refractivity contribution in [1.82, 2.24) is 0 Å². The summed E-state index contributed by atoms with van der Waals surface area (Å²) in [6, 6.07) is 0. The lowest BCUT2D eigenvalue weighted by molar-refractivity contribution is -0.0662. The van der Waals surface area contributed by atoms with Crippen LogP contribution in [0.25, 0.3) is 0 Å². The first-order valence-corrected chi connectivity index (χ1v) is 6.57. The van der Waals surface area contributed by atoms with Crippen LogP contribution in [0.4, 0.5) is 0 Å². The highest BCUT2D eigenvalue weighted by Crippen LogP contribution is 2.83. The fourth-order valence-corrected chi connectivity index (χ4v) is 4.08. The molecule has 2 unspecified atom stereocenters. The van der Waals surface area contributed by atoms with E-state index in [2.05, 4.69) is 6.92 Å². The standard InChI is InChI=1S/C13H20O2/c1-8-2-3-9(15-8)7-14-11-6-10-12(11)13(10)4-5-13/h8-12H,2-7H2,1H3/t8-,9-,10?,11-,12?/m0/s1. The molecule has 84 valence electrons. The van der Waals surface area contributed by atoms with Crippen LogP contribution < -0.4 is 0 Å². The predicted molar refractivity (Wildman–Crippen MR) is 56.6 cm³/mol. The summed E-state index contributed by atoms with van der Waals surface area (Å²) in [7, 11) is 0. The molecule has 1 saturated heterocycles. The Morgan fingerprint density at radius 2 is 2.20 bits per heavy atom. The van der Waals surface area contributed by atoms with Gasteiger partial charge >= 0.3 is 0 Å². The molecule has 5 atom stereocenters. The Labute approximate surface area is 91.3 Å². The molecular weight excluding hydrogens is 188 g/mol. The van der Waals surface area contributed by atoms with Crippen LogP contribution in [-0.2, 0) is 9.47 Å². The van der Waals surface area contributed by atoms with Crippen molar-refractivity contribution in [2.75, 3.05) is 6.61 Å². The molecule has 0 radical (unpaired) electrons. The molecule has 4 fully saturated rings. The van der Waals surface area contributed by atoms with Gasteiger partial charge in [-0.15, -0.1) is 0 Å². The minimum Gasteiger partial charge on any atom is -0.375 e. The van der Waals surface area contributed by atoms with Crippen molar-refractivity contribution in [3.05, 3.63) is 0 Å². The normalized spacial score (nSPS) is 53.8. The van der Waals surface area contributed by atoms with Gasteiger partial charge < -0.3 is 9.47 Å². The molecule has 0 aromatic heterocycles. The van der Waals surface area contributed by atoms with E-state index in [0.29, 0.717) is 18.3 Å². The lowest BCUT2D eigenvalue weighted by Crippen LogP contribution is -2.29. The average Bonchev–Trinajstić information content (AvgIpc) is 2.96. The second kappa shape index (κ2) is 2.78. The second-order valence-corrected chi connectivity index (χ2v) is 6.12. The van der Waals surface area contributed by atoms with E-state index < -0.39 is 0 Å². The molecule has 0 bridgehead atoms. The third kappa shape index (κ3) is 1.18. The Morgan fingerprint density at radius 1 is 1.33 bits per heavy atom. The molecule has 15 heavy (non-hydrogen) atoms. The summed E-state index contributed by atoms with van der Waals surface area (Å²) in [4.78, 5) is 0. The van der Waals surface area contributed by atoms with Gasteiger partial charge in [0.05, 0.1) is 24.9 Å². The quantitative estimate of drug-likeness (QED) is 0.709. The van der Waals surface area contributed by atoms with E-state index in [1.807, 2.05) is 0 Å². The molecule has 0 amide bonds. The first-order chi connectivity index (χ1) is 7.29. The van der Waals surface area contributed by atoms with Crippen LogP contribution in [0.2, 0.25) is 0 Å². The Morgan fingerprint density at radius 3 is 2.80 bits per heavy atom. The minimum absolute atomic E-state index is 0.396. The van der Waals surface area contributed by atoms with E-state index in [9.17, 15) is 0 Å². The van der Waals surface area contributed by atoms with Gasteiger partial charge in [0.2, 0.25) is 0 Å². The SMILES string of the molecule is C[C@H]1CC[C@@H](CO[C@H]2CC3C2C32CC2)O1. The highest BCUT2D eigenvalue weighted by molar-refractivity contribution is 5.28. The van der Waals surface area contributed by atoms with Gasteiger partial charge in [0, 0.05) is 0 Å². The molecule has 3 saturated carbocycles. The maximum Gasteiger partial charge on any atom is 0.0813 e. The van der Waals surface area contributed by atoms with Crippen LogP contribution in [0.5, 0.6) is 0 Å². The fraction of sp³-hybridized carbons (Fsp3) is 1.00. The van der Waals surface area contributed by atoms with Crippen molar-refractivity contribution in [2.45, 2.75) is 57.3 Å². The van der Waals surface area contributed by atoms with E-state index in [1.165, 1.54) is 32.1 Å². The summed E-state index contributed by atoms with van der Waals surface area (Å²) in [5, 5.41) is 0. The van der Waals surface area contributed by atoms with Crippen LogP contribution in [0.15, 0.2) is 0 Å². The molecule has 1 heterocycles. The predicted octanol–water partition coefficient (Wildman–Crippen LogP) is 2.37. The Bertz CT molecular complexity index is 284. The highest BCUT2D eigenvalue weighted by atomic mass is 16.5. The first-order valence-electron chi connectivity index (χ1n) is 6.57. The van der Waals surface area contributed by atoms with Crippen molar-refractivity contribution in [3.63, 3.8) is 0 Å². The Hall–Kier alpha value is -0.0800. The molecule has 0 aromatic carbocycles. The summed E-state index contributed by atoms with van der Waals surface area (Å²) in [6.45, 7) is 3.02. The summed E-state index contributed by atoms with van der Waals surface area (Å²) in [5.41, 5.74) is 0.828. The highest BCUT2D eigenvalue weighted by Gasteiger charge is 2.79. The van der Waals surface area contributed by atoms with Crippen molar-refractivity contribution in [3.8, 4) is 0 Å².